The van der Waals surface area contributed by atoms with E-state index >= 15 is 0 Å². The molecule has 1 N–H and O–H groups in total. The molecule has 0 aliphatic carbocycles. The van der Waals surface area contributed by atoms with Gasteiger partial charge in [0, 0.05) is 49.2 Å². The molecule has 4 aromatic rings. The van der Waals surface area contributed by atoms with Gasteiger partial charge in [0.25, 0.3) is 5.19 Å². The number of anilines is 3. The third-order valence-electron chi connectivity index (χ3n) is 6.92. The molecule has 0 spiro atoms. The fourth-order valence-electron chi connectivity index (χ4n) is 5.13. The molecule has 1 aromatic carbocycles. The van der Waals surface area contributed by atoms with Crippen LogP contribution in [0.4, 0.5) is 17.6 Å². The number of hydrogen-bond acceptors (Lipinski definition) is 9. The molecule has 0 amide bonds. The van der Waals surface area contributed by atoms with Crippen molar-refractivity contribution in [2.24, 2.45) is 0 Å². The van der Waals surface area contributed by atoms with E-state index in [1.807, 2.05) is 50.4 Å². The van der Waals surface area contributed by atoms with Gasteiger partial charge in [-0.15, -0.1) is 0 Å². The highest BCUT2D eigenvalue weighted by molar-refractivity contribution is 7.20. The van der Waals surface area contributed by atoms with Gasteiger partial charge < -0.3 is 15.0 Å². The predicted molar refractivity (Wildman–Crippen MR) is 140 cm³/mol. The van der Waals surface area contributed by atoms with Crippen LogP contribution in [0.25, 0.3) is 10.2 Å². The lowest BCUT2D eigenvalue weighted by Gasteiger charge is -2.33. The number of aromatic nitrogens is 4. The van der Waals surface area contributed by atoms with E-state index in [1.54, 1.807) is 0 Å². The van der Waals surface area contributed by atoms with E-state index in [4.69, 9.17) is 19.7 Å². The van der Waals surface area contributed by atoms with Gasteiger partial charge in [-0.2, -0.15) is 4.98 Å². The number of nitrogens with zero attached hydrogens (tertiary/aromatic N) is 6. The second kappa shape index (κ2) is 9.05. The van der Waals surface area contributed by atoms with Crippen molar-refractivity contribution in [2.75, 3.05) is 29.9 Å². The van der Waals surface area contributed by atoms with Crippen LogP contribution in [0.2, 0.25) is 0 Å². The molecule has 9 heteroatoms. The highest BCUT2D eigenvalue weighted by Gasteiger charge is 2.43. The minimum Gasteiger partial charge on any atom is -0.462 e. The van der Waals surface area contributed by atoms with E-state index in [0.29, 0.717) is 23.1 Å². The van der Waals surface area contributed by atoms with Crippen LogP contribution in [0.5, 0.6) is 5.19 Å². The number of piperazine rings is 1. The van der Waals surface area contributed by atoms with E-state index in [0.717, 1.165) is 52.9 Å². The average Bonchev–Trinajstić information content (AvgIpc) is 3.57. The number of nitrogens with one attached hydrogen (secondary N) is 1. The molecule has 2 fully saturated rings. The molecule has 3 aromatic heterocycles. The Bertz CT molecular complexity index is 1340. The van der Waals surface area contributed by atoms with Crippen LogP contribution < -0.4 is 15.0 Å². The number of rotatable bonds is 7. The summed E-state index contributed by atoms with van der Waals surface area (Å²) in [5.74, 6) is 2.25. The van der Waals surface area contributed by atoms with Crippen molar-refractivity contribution in [3.05, 3.63) is 59.9 Å². The molecule has 180 valence electrons. The smallest absolute Gasteiger partial charge is 0.274 e. The molecule has 2 saturated heterocycles. The number of pyridine rings is 1. The SMILES string of the molecule is CCN1C[C@@H]2C[C@H]1CN2c1nc(C)cc(Nc2cc3nc(O[C@@H](C)c4ccccc4)sc3cn2)n1. The van der Waals surface area contributed by atoms with Gasteiger partial charge in [-0.25, -0.2) is 15.0 Å². The maximum Gasteiger partial charge on any atom is 0.274 e. The van der Waals surface area contributed by atoms with E-state index < -0.39 is 0 Å². The Hall–Kier alpha value is -3.30. The Kier molecular flexibility index (Phi) is 5.74. The number of benzene rings is 1. The molecule has 0 radical (unpaired) electrons. The van der Waals surface area contributed by atoms with Crippen molar-refractivity contribution in [2.45, 2.75) is 45.4 Å². The molecule has 8 nitrogen and oxygen atoms in total. The number of ether oxygens (including phenoxy) is 1. The van der Waals surface area contributed by atoms with Crippen LogP contribution in [0.15, 0.2) is 48.7 Å². The minimum atomic E-state index is -0.0741. The first kappa shape index (κ1) is 22.2. The summed E-state index contributed by atoms with van der Waals surface area (Å²) in [7, 11) is 0. The Morgan fingerprint density at radius 3 is 2.71 bits per heavy atom. The molecule has 0 saturated carbocycles. The van der Waals surface area contributed by atoms with Crippen molar-refractivity contribution in [3.63, 3.8) is 0 Å². The van der Waals surface area contributed by atoms with Crippen LogP contribution in [0.3, 0.4) is 0 Å². The lowest BCUT2D eigenvalue weighted by Crippen LogP contribution is -2.46. The summed E-state index contributed by atoms with van der Waals surface area (Å²) in [6.07, 6.45) is 2.96. The fourth-order valence-corrected chi connectivity index (χ4v) is 5.97. The lowest BCUT2D eigenvalue weighted by molar-refractivity contribution is 0.226. The number of thiazole rings is 1. The fraction of sp³-hybridized carbons (Fsp3) is 0.385. The van der Waals surface area contributed by atoms with Gasteiger partial charge in [-0.05, 0) is 32.4 Å². The van der Waals surface area contributed by atoms with Gasteiger partial charge >= 0.3 is 0 Å². The van der Waals surface area contributed by atoms with Crippen molar-refractivity contribution in [3.8, 4) is 5.19 Å². The number of likely N-dealkylation sites (N-methyl/N-ethyl adjacent to an activating group) is 1. The van der Waals surface area contributed by atoms with Gasteiger partial charge in [0.15, 0.2) is 0 Å². The van der Waals surface area contributed by atoms with Crippen LogP contribution in [0, 0.1) is 6.92 Å². The topological polar surface area (TPSA) is 79.3 Å². The normalized spacial score (nSPS) is 20.5. The van der Waals surface area contributed by atoms with Crippen molar-refractivity contribution >= 4 is 39.1 Å². The number of hydrogen-bond donors (Lipinski definition) is 1. The van der Waals surface area contributed by atoms with Crippen LogP contribution in [-0.2, 0) is 0 Å². The maximum atomic E-state index is 6.10. The summed E-state index contributed by atoms with van der Waals surface area (Å²) in [6, 6.07) is 15.2. The quantitative estimate of drug-likeness (QED) is 0.392. The summed E-state index contributed by atoms with van der Waals surface area (Å²) in [5, 5.41) is 4.00. The highest BCUT2D eigenvalue weighted by Crippen LogP contribution is 2.34. The molecular formula is C26H29N7OS. The Balaban J connectivity index is 1.19. The predicted octanol–water partition coefficient (Wildman–Crippen LogP) is 4.96. The third-order valence-corrected chi connectivity index (χ3v) is 7.81. The molecule has 2 aliphatic heterocycles. The molecular weight excluding hydrogens is 458 g/mol. The zero-order chi connectivity index (χ0) is 23.9. The van der Waals surface area contributed by atoms with Crippen molar-refractivity contribution < 1.29 is 4.74 Å². The van der Waals surface area contributed by atoms with E-state index in [1.165, 1.54) is 17.8 Å². The number of fused-ring (bicyclic) bond motifs is 3. The highest BCUT2D eigenvalue weighted by atomic mass is 32.1. The Morgan fingerprint density at radius 2 is 1.94 bits per heavy atom. The molecule has 0 unspecified atom stereocenters. The lowest BCUT2D eigenvalue weighted by atomic mass is 10.1. The van der Waals surface area contributed by atoms with Gasteiger partial charge in [0.2, 0.25) is 5.95 Å². The van der Waals surface area contributed by atoms with Gasteiger partial charge in [0.1, 0.15) is 17.7 Å². The largest absolute Gasteiger partial charge is 0.462 e. The van der Waals surface area contributed by atoms with E-state index in [-0.39, 0.29) is 6.10 Å². The first-order chi connectivity index (χ1) is 17.1. The first-order valence-electron chi connectivity index (χ1n) is 12.2. The molecule has 3 atom stereocenters. The zero-order valence-electron chi connectivity index (χ0n) is 20.2. The van der Waals surface area contributed by atoms with Crippen LogP contribution in [-0.4, -0.2) is 56.6 Å². The van der Waals surface area contributed by atoms with Crippen LogP contribution >= 0.6 is 11.3 Å². The Morgan fingerprint density at radius 1 is 1.09 bits per heavy atom. The number of likely N-dealkylation sites (tertiary alicyclic amines) is 1. The van der Waals surface area contributed by atoms with Gasteiger partial charge in [0.05, 0.1) is 10.2 Å². The molecule has 2 aliphatic rings. The Labute approximate surface area is 209 Å². The second-order valence-corrected chi connectivity index (χ2v) is 10.3. The summed E-state index contributed by atoms with van der Waals surface area (Å²) < 4.78 is 7.09. The standard InChI is InChI=1S/C26H29N7OS/c1-4-32-14-20-11-19(32)15-33(20)25-28-16(2)10-24(31-25)30-23-12-21-22(13-27-23)35-26(29-21)34-17(3)18-8-6-5-7-9-18/h5-10,12-13,17,19-20H,4,11,14-15H2,1-3H3,(H,27,28,30,31)/t17-,19-,20-/m0/s1. The summed E-state index contributed by atoms with van der Waals surface area (Å²) >= 11 is 1.51. The van der Waals surface area contributed by atoms with E-state index in [9.17, 15) is 0 Å². The maximum absolute atomic E-state index is 6.10. The van der Waals surface area contributed by atoms with Crippen LogP contribution in [0.1, 0.15) is 37.6 Å². The summed E-state index contributed by atoms with van der Waals surface area (Å²) in [4.78, 5) is 23.8. The summed E-state index contributed by atoms with van der Waals surface area (Å²) in [5.41, 5.74) is 2.91. The van der Waals surface area contributed by atoms with Gasteiger partial charge in [-0.1, -0.05) is 48.6 Å². The molecule has 6 rings (SSSR count). The summed E-state index contributed by atoms with van der Waals surface area (Å²) in [6.45, 7) is 9.48. The van der Waals surface area contributed by atoms with Crippen molar-refractivity contribution in [1.29, 1.82) is 0 Å². The van der Waals surface area contributed by atoms with Gasteiger partial charge in [-0.3, -0.25) is 4.90 Å². The molecule has 2 bridgehead atoms. The average molecular weight is 488 g/mol. The van der Waals surface area contributed by atoms with Crippen molar-refractivity contribution in [1.82, 2.24) is 24.8 Å². The first-order valence-corrected chi connectivity index (χ1v) is 13.0. The third kappa shape index (κ3) is 4.41. The number of aryl methyl sites for hydroxylation is 1. The zero-order valence-corrected chi connectivity index (χ0v) is 21.0. The minimum absolute atomic E-state index is 0.0741. The molecule has 5 heterocycles. The molecule has 35 heavy (non-hydrogen) atoms. The van der Waals surface area contributed by atoms with E-state index in [2.05, 4.69) is 39.2 Å². The monoisotopic (exact) mass is 487 g/mol. The second-order valence-electron chi connectivity index (χ2n) is 9.29.